The van der Waals surface area contributed by atoms with E-state index in [2.05, 4.69) is 15.0 Å². The summed E-state index contributed by atoms with van der Waals surface area (Å²) in [5, 5.41) is 6.05. The van der Waals surface area contributed by atoms with Gasteiger partial charge in [0.2, 0.25) is 0 Å². The molecule has 1 amide bonds. The van der Waals surface area contributed by atoms with E-state index >= 15 is 0 Å². The number of nitrogens with one attached hydrogen (secondary N) is 2. The Morgan fingerprint density at radius 2 is 1.87 bits per heavy atom. The molecule has 0 aliphatic rings. The molecule has 0 fully saturated rings. The summed E-state index contributed by atoms with van der Waals surface area (Å²) in [6, 6.07) is 11.8. The molecule has 3 aromatic rings. The Morgan fingerprint density at radius 1 is 1.06 bits per heavy atom. The molecular formula is C23H27N3O3S2. The average Bonchev–Trinajstić information content (AvgIpc) is 3.14. The van der Waals surface area contributed by atoms with Gasteiger partial charge in [-0.3, -0.25) is 9.52 Å². The van der Waals surface area contributed by atoms with Gasteiger partial charge in [0, 0.05) is 28.9 Å². The van der Waals surface area contributed by atoms with E-state index in [9.17, 15) is 13.2 Å². The number of rotatable bonds is 9. The van der Waals surface area contributed by atoms with E-state index in [1.54, 1.807) is 54.7 Å². The maximum absolute atomic E-state index is 12.8. The third kappa shape index (κ3) is 6.38. The molecule has 0 spiro atoms. The molecule has 8 heteroatoms. The second-order valence-electron chi connectivity index (χ2n) is 7.55. The smallest absolute Gasteiger partial charge is 0.262 e. The van der Waals surface area contributed by atoms with Crippen molar-refractivity contribution in [2.24, 2.45) is 0 Å². The summed E-state index contributed by atoms with van der Waals surface area (Å²) >= 11 is 1.66. The fourth-order valence-electron chi connectivity index (χ4n) is 3.15. The number of amides is 1. The van der Waals surface area contributed by atoms with E-state index < -0.39 is 10.0 Å². The van der Waals surface area contributed by atoms with Gasteiger partial charge < -0.3 is 5.32 Å². The summed E-state index contributed by atoms with van der Waals surface area (Å²) in [7, 11) is -3.74. The number of unbranched alkanes of at least 4 members (excludes halogenated alkanes) is 1. The monoisotopic (exact) mass is 457 g/mol. The third-order valence-corrected chi connectivity index (χ3v) is 7.33. The first kappa shape index (κ1) is 23.0. The van der Waals surface area contributed by atoms with Crippen LogP contribution in [0.3, 0.4) is 0 Å². The molecule has 2 aromatic carbocycles. The molecule has 31 heavy (non-hydrogen) atoms. The largest absolute Gasteiger partial charge is 0.352 e. The van der Waals surface area contributed by atoms with Crippen LogP contribution in [0.4, 0.5) is 5.69 Å². The van der Waals surface area contributed by atoms with Crippen LogP contribution in [0.1, 0.15) is 45.0 Å². The van der Waals surface area contributed by atoms with E-state index in [0.717, 1.165) is 35.5 Å². The van der Waals surface area contributed by atoms with E-state index in [4.69, 9.17) is 0 Å². The Bertz CT molecular complexity index is 1170. The average molecular weight is 458 g/mol. The topological polar surface area (TPSA) is 88.2 Å². The minimum atomic E-state index is -3.74. The van der Waals surface area contributed by atoms with Gasteiger partial charge in [-0.05, 0) is 75.4 Å². The Kier molecular flexibility index (Phi) is 7.46. The predicted molar refractivity (Wildman–Crippen MR) is 125 cm³/mol. The fourth-order valence-corrected chi connectivity index (χ4v) is 5.35. The van der Waals surface area contributed by atoms with Gasteiger partial charge in [0.25, 0.3) is 15.9 Å². The van der Waals surface area contributed by atoms with Crippen molar-refractivity contribution < 1.29 is 13.2 Å². The molecule has 0 aliphatic heterocycles. The lowest BCUT2D eigenvalue weighted by Crippen LogP contribution is -2.24. The van der Waals surface area contributed by atoms with Crippen LogP contribution in [-0.4, -0.2) is 25.9 Å². The van der Waals surface area contributed by atoms with Crippen LogP contribution in [0.2, 0.25) is 0 Å². The summed E-state index contributed by atoms with van der Waals surface area (Å²) in [5.74, 6) is -0.224. The lowest BCUT2D eigenvalue weighted by molar-refractivity contribution is 0.0953. The number of benzene rings is 2. The van der Waals surface area contributed by atoms with Crippen molar-refractivity contribution in [2.75, 3.05) is 11.3 Å². The summed E-state index contributed by atoms with van der Waals surface area (Å²) in [6.45, 7) is 6.15. The number of carbonyl (C=O) groups is 1. The van der Waals surface area contributed by atoms with Gasteiger partial charge in [-0.15, -0.1) is 11.3 Å². The molecule has 0 saturated heterocycles. The fraction of sp³-hybridized carbons (Fsp3) is 0.304. The molecule has 0 radical (unpaired) electrons. The summed E-state index contributed by atoms with van der Waals surface area (Å²) in [4.78, 5) is 17.1. The maximum Gasteiger partial charge on any atom is 0.262 e. The summed E-state index contributed by atoms with van der Waals surface area (Å²) in [5.41, 5.74) is 3.34. The second kappa shape index (κ2) is 10.1. The zero-order valence-electron chi connectivity index (χ0n) is 17.9. The zero-order valence-corrected chi connectivity index (χ0v) is 19.6. The van der Waals surface area contributed by atoms with Crippen LogP contribution in [0.25, 0.3) is 0 Å². The Labute approximate surface area is 187 Å². The highest BCUT2D eigenvalue weighted by Crippen LogP contribution is 2.21. The molecular weight excluding hydrogens is 430 g/mol. The molecule has 2 N–H and O–H groups in total. The predicted octanol–water partition coefficient (Wildman–Crippen LogP) is 4.62. The molecule has 0 bridgehead atoms. The van der Waals surface area contributed by atoms with Gasteiger partial charge in [-0.1, -0.05) is 18.2 Å². The molecule has 0 saturated carbocycles. The number of thiazole rings is 1. The van der Waals surface area contributed by atoms with E-state index in [1.807, 2.05) is 25.3 Å². The molecule has 1 aromatic heterocycles. The minimum Gasteiger partial charge on any atom is -0.352 e. The molecule has 6 nitrogen and oxygen atoms in total. The number of aryl methyl sites for hydroxylation is 4. The van der Waals surface area contributed by atoms with Crippen molar-refractivity contribution in [3.05, 3.63) is 75.2 Å². The first-order valence-corrected chi connectivity index (χ1v) is 12.5. The quantitative estimate of drug-likeness (QED) is 0.459. The molecule has 1 heterocycles. The Hall–Kier alpha value is -2.71. The van der Waals surface area contributed by atoms with Gasteiger partial charge in [0.15, 0.2) is 0 Å². The minimum absolute atomic E-state index is 0.224. The number of aromatic nitrogens is 1. The van der Waals surface area contributed by atoms with Crippen molar-refractivity contribution in [2.45, 2.75) is 44.9 Å². The van der Waals surface area contributed by atoms with Crippen LogP contribution < -0.4 is 10.0 Å². The summed E-state index contributed by atoms with van der Waals surface area (Å²) < 4.78 is 28.2. The van der Waals surface area contributed by atoms with E-state index in [0.29, 0.717) is 23.4 Å². The highest BCUT2D eigenvalue weighted by molar-refractivity contribution is 7.92. The van der Waals surface area contributed by atoms with Gasteiger partial charge >= 0.3 is 0 Å². The third-order valence-electron chi connectivity index (χ3n) is 4.78. The molecule has 3 rings (SSSR count). The Balaban J connectivity index is 1.56. The van der Waals surface area contributed by atoms with Crippen molar-refractivity contribution in [1.82, 2.24) is 10.3 Å². The Morgan fingerprint density at radius 3 is 2.61 bits per heavy atom. The molecule has 0 atom stereocenters. The van der Waals surface area contributed by atoms with Crippen molar-refractivity contribution in [3.63, 3.8) is 0 Å². The van der Waals surface area contributed by atoms with Crippen LogP contribution >= 0.6 is 11.3 Å². The van der Waals surface area contributed by atoms with Crippen molar-refractivity contribution in [3.8, 4) is 0 Å². The number of hydrogen-bond donors (Lipinski definition) is 2. The SMILES string of the molecule is Cc1ccc(C)c(S(=O)(=O)Nc2cccc(C(=O)NCCCCc3nc(C)cs3)c2)c1. The molecule has 164 valence electrons. The first-order chi connectivity index (χ1) is 14.7. The van der Waals surface area contributed by atoms with Crippen molar-refractivity contribution >= 4 is 33.0 Å². The number of sulfonamides is 1. The number of anilines is 1. The maximum atomic E-state index is 12.8. The number of hydrogen-bond acceptors (Lipinski definition) is 5. The zero-order chi connectivity index (χ0) is 22.4. The second-order valence-corrected chi connectivity index (χ2v) is 10.1. The van der Waals surface area contributed by atoms with Gasteiger partial charge in [-0.25, -0.2) is 13.4 Å². The standard InChI is InChI=1S/C23H27N3O3S2/c1-16-10-11-17(2)21(13-16)31(28,29)26-20-8-6-7-19(14-20)23(27)24-12-5-4-9-22-25-18(3)15-30-22/h6-8,10-11,13-15,26H,4-5,9,12H2,1-3H3,(H,24,27). The van der Waals surface area contributed by atoms with Crippen LogP contribution in [-0.2, 0) is 16.4 Å². The number of carbonyl (C=O) groups excluding carboxylic acids is 1. The highest BCUT2D eigenvalue weighted by atomic mass is 32.2. The van der Waals surface area contributed by atoms with Gasteiger partial charge in [0.05, 0.1) is 9.90 Å². The van der Waals surface area contributed by atoms with Crippen molar-refractivity contribution in [1.29, 1.82) is 0 Å². The van der Waals surface area contributed by atoms with Gasteiger partial charge in [-0.2, -0.15) is 0 Å². The van der Waals surface area contributed by atoms with Gasteiger partial charge in [0.1, 0.15) is 0 Å². The lowest BCUT2D eigenvalue weighted by atomic mass is 10.2. The normalized spacial score (nSPS) is 11.3. The molecule has 0 aliphatic carbocycles. The number of nitrogens with zero attached hydrogens (tertiary/aromatic N) is 1. The lowest BCUT2D eigenvalue weighted by Gasteiger charge is -2.12. The van der Waals surface area contributed by atoms with Crippen LogP contribution in [0.5, 0.6) is 0 Å². The highest BCUT2D eigenvalue weighted by Gasteiger charge is 2.18. The van der Waals surface area contributed by atoms with Crippen LogP contribution in [0.15, 0.2) is 52.7 Å². The van der Waals surface area contributed by atoms with E-state index in [-0.39, 0.29) is 10.8 Å². The van der Waals surface area contributed by atoms with E-state index in [1.165, 1.54) is 0 Å². The van der Waals surface area contributed by atoms with Crippen LogP contribution in [0, 0.1) is 20.8 Å². The summed E-state index contributed by atoms with van der Waals surface area (Å²) in [6.07, 6.45) is 2.70. The first-order valence-electron chi connectivity index (χ1n) is 10.1. The molecule has 0 unspecified atom stereocenters.